The maximum Gasteiger partial charge on any atom is 0.0688 e. The molecule has 34 heavy (non-hydrogen) atoms. The Balaban J connectivity index is 1.70. The topological polar surface area (TPSA) is 30.0 Å². The van der Waals surface area contributed by atoms with Crippen LogP contribution in [0.25, 0.3) is 0 Å². The predicted molar refractivity (Wildman–Crippen MR) is 144 cm³/mol. The maximum atomic E-state index is 10.7. The number of hydrogen-bond acceptors (Lipinski definition) is 4. The zero-order chi connectivity index (χ0) is 23.8. The zero-order valence-electron chi connectivity index (χ0n) is 21.0. The standard InChI is InChI=1S/C30H37N3O/c1-31(2)24-13-9-21(10-14-24)29(22-11-15-25(16-12-22)32(3)4)27-19-23-7-5-17-33-18-6-8-26(30(23)33)28(27)20-34/h9-16,19,29,34H,5-8,17-18,20H2,1-4H3. The summed E-state index contributed by atoms with van der Waals surface area (Å²) in [5, 5.41) is 10.7. The largest absolute Gasteiger partial charge is 0.392 e. The summed E-state index contributed by atoms with van der Waals surface area (Å²) in [5.74, 6) is 0.0911. The van der Waals surface area contributed by atoms with E-state index in [1.807, 2.05) is 0 Å². The fourth-order valence-corrected chi connectivity index (χ4v) is 5.88. The van der Waals surface area contributed by atoms with Crippen LogP contribution < -0.4 is 14.7 Å². The van der Waals surface area contributed by atoms with Crippen molar-refractivity contribution in [3.63, 3.8) is 0 Å². The lowest BCUT2D eigenvalue weighted by molar-refractivity contribution is 0.279. The van der Waals surface area contributed by atoms with Crippen LogP contribution in [0.4, 0.5) is 17.1 Å². The minimum absolute atomic E-state index is 0.0911. The second-order valence-corrected chi connectivity index (χ2v) is 10.2. The summed E-state index contributed by atoms with van der Waals surface area (Å²) in [6.07, 6.45) is 4.57. The van der Waals surface area contributed by atoms with E-state index in [-0.39, 0.29) is 12.5 Å². The molecule has 0 amide bonds. The van der Waals surface area contributed by atoms with Gasteiger partial charge in [0.1, 0.15) is 0 Å². The van der Waals surface area contributed by atoms with Crippen molar-refractivity contribution in [3.8, 4) is 0 Å². The Bertz CT molecular complexity index is 1100. The average molecular weight is 456 g/mol. The summed E-state index contributed by atoms with van der Waals surface area (Å²) in [7, 11) is 8.32. The van der Waals surface area contributed by atoms with Crippen LogP contribution in [0.2, 0.25) is 0 Å². The van der Waals surface area contributed by atoms with Gasteiger partial charge in [-0.2, -0.15) is 0 Å². The van der Waals surface area contributed by atoms with Gasteiger partial charge in [0.15, 0.2) is 0 Å². The van der Waals surface area contributed by atoms with Crippen molar-refractivity contribution in [2.75, 3.05) is 56.0 Å². The first-order valence-corrected chi connectivity index (χ1v) is 12.6. The van der Waals surface area contributed by atoms with Crippen LogP contribution >= 0.6 is 0 Å². The van der Waals surface area contributed by atoms with E-state index in [0.29, 0.717) is 0 Å². The summed E-state index contributed by atoms with van der Waals surface area (Å²) < 4.78 is 0. The Hall–Kier alpha value is -2.98. The first-order valence-electron chi connectivity index (χ1n) is 12.6. The van der Waals surface area contributed by atoms with Crippen molar-refractivity contribution in [2.24, 2.45) is 0 Å². The molecule has 0 bridgehead atoms. The van der Waals surface area contributed by atoms with E-state index in [1.54, 1.807) is 0 Å². The molecule has 0 saturated carbocycles. The molecule has 2 aliphatic rings. The SMILES string of the molecule is CN(C)c1ccc(C(c2ccc(N(C)C)cc2)c2cc3c4c(c2CO)CCCN4CCC3)cc1. The normalized spacial score (nSPS) is 14.8. The van der Waals surface area contributed by atoms with E-state index in [9.17, 15) is 5.11 Å². The van der Waals surface area contributed by atoms with Gasteiger partial charge < -0.3 is 19.8 Å². The van der Waals surface area contributed by atoms with Gasteiger partial charge in [-0.25, -0.2) is 0 Å². The maximum absolute atomic E-state index is 10.7. The molecular weight excluding hydrogens is 418 g/mol. The van der Waals surface area contributed by atoms with Gasteiger partial charge in [-0.05, 0) is 83.3 Å². The van der Waals surface area contributed by atoms with Crippen molar-refractivity contribution in [3.05, 3.63) is 88.0 Å². The second-order valence-electron chi connectivity index (χ2n) is 10.2. The predicted octanol–water partition coefficient (Wildman–Crippen LogP) is 5.19. The third-order valence-electron chi connectivity index (χ3n) is 7.63. The minimum Gasteiger partial charge on any atom is -0.392 e. The molecule has 0 fully saturated rings. The van der Waals surface area contributed by atoms with Gasteiger partial charge in [0.2, 0.25) is 0 Å². The molecule has 0 unspecified atom stereocenters. The summed E-state index contributed by atoms with van der Waals surface area (Å²) in [5.41, 5.74) is 11.6. The smallest absolute Gasteiger partial charge is 0.0688 e. The van der Waals surface area contributed by atoms with Gasteiger partial charge >= 0.3 is 0 Å². The molecule has 2 aliphatic heterocycles. The van der Waals surface area contributed by atoms with Gasteiger partial charge in [0.05, 0.1) is 6.61 Å². The number of rotatable bonds is 6. The monoisotopic (exact) mass is 455 g/mol. The Morgan fingerprint density at radius 3 is 1.82 bits per heavy atom. The Morgan fingerprint density at radius 2 is 1.32 bits per heavy atom. The molecule has 0 atom stereocenters. The number of aliphatic hydroxyl groups is 1. The lowest BCUT2D eigenvalue weighted by Gasteiger charge is -2.39. The summed E-state index contributed by atoms with van der Waals surface area (Å²) in [6, 6.07) is 20.3. The molecule has 0 radical (unpaired) electrons. The fraction of sp³-hybridized carbons (Fsp3) is 0.400. The lowest BCUT2D eigenvalue weighted by atomic mass is 9.77. The highest BCUT2D eigenvalue weighted by Gasteiger charge is 2.30. The van der Waals surface area contributed by atoms with Crippen LogP contribution in [0.1, 0.15) is 52.1 Å². The number of anilines is 3. The number of hydrogen-bond donors (Lipinski definition) is 1. The van der Waals surface area contributed by atoms with E-state index < -0.39 is 0 Å². The third kappa shape index (κ3) is 4.05. The molecule has 1 N–H and O–H groups in total. The van der Waals surface area contributed by atoms with E-state index in [0.717, 1.165) is 31.5 Å². The number of aryl methyl sites for hydroxylation is 1. The van der Waals surface area contributed by atoms with E-state index in [2.05, 4.69) is 97.5 Å². The molecule has 0 aromatic heterocycles. The van der Waals surface area contributed by atoms with Crippen molar-refractivity contribution in [2.45, 2.75) is 38.2 Å². The molecule has 2 heterocycles. The van der Waals surface area contributed by atoms with Crippen LogP contribution in [0.5, 0.6) is 0 Å². The van der Waals surface area contributed by atoms with Crippen LogP contribution in [0, 0.1) is 0 Å². The Kier molecular flexibility index (Phi) is 6.26. The number of aliphatic hydroxyl groups excluding tert-OH is 1. The highest BCUT2D eigenvalue weighted by molar-refractivity contribution is 5.69. The molecule has 3 aromatic carbocycles. The molecule has 4 heteroatoms. The van der Waals surface area contributed by atoms with Crippen LogP contribution in [0.3, 0.4) is 0 Å². The molecule has 0 aliphatic carbocycles. The van der Waals surface area contributed by atoms with Crippen molar-refractivity contribution < 1.29 is 5.11 Å². The van der Waals surface area contributed by atoms with Gasteiger partial charge in [-0.1, -0.05) is 30.3 Å². The van der Waals surface area contributed by atoms with Gasteiger partial charge in [-0.15, -0.1) is 0 Å². The zero-order valence-corrected chi connectivity index (χ0v) is 21.0. The molecule has 4 nitrogen and oxygen atoms in total. The number of nitrogens with zero attached hydrogens (tertiary/aromatic N) is 3. The van der Waals surface area contributed by atoms with E-state index >= 15 is 0 Å². The quantitative estimate of drug-likeness (QED) is 0.518. The summed E-state index contributed by atoms with van der Waals surface area (Å²) in [4.78, 5) is 6.84. The highest BCUT2D eigenvalue weighted by atomic mass is 16.3. The molecule has 178 valence electrons. The first kappa shape index (κ1) is 22.8. The molecular formula is C30H37N3O. The molecule has 0 saturated heterocycles. The fourth-order valence-electron chi connectivity index (χ4n) is 5.88. The molecule has 5 rings (SSSR count). The molecule has 3 aromatic rings. The average Bonchev–Trinajstić information content (AvgIpc) is 2.85. The Labute approximate surface area is 204 Å². The van der Waals surface area contributed by atoms with Gasteiger partial charge in [-0.3, -0.25) is 0 Å². The van der Waals surface area contributed by atoms with Crippen molar-refractivity contribution >= 4 is 17.1 Å². The van der Waals surface area contributed by atoms with Crippen LogP contribution in [0.15, 0.2) is 54.6 Å². The molecule has 0 spiro atoms. The van der Waals surface area contributed by atoms with Gasteiger partial charge in [0, 0.05) is 64.3 Å². The van der Waals surface area contributed by atoms with Crippen molar-refractivity contribution in [1.29, 1.82) is 0 Å². The summed E-state index contributed by atoms with van der Waals surface area (Å²) in [6.45, 7) is 2.38. The van der Waals surface area contributed by atoms with E-state index in [4.69, 9.17) is 0 Å². The van der Waals surface area contributed by atoms with Gasteiger partial charge in [0.25, 0.3) is 0 Å². The third-order valence-corrected chi connectivity index (χ3v) is 7.63. The highest BCUT2D eigenvalue weighted by Crippen LogP contribution is 2.44. The second kappa shape index (κ2) is 9.34. The minimum atomic E-state index is 0.0911. The number of benzene rings is 3. The van der Waals surface area contributed by atoms with Crippen LogP contribution in [-0.4, -0.2) is 46.4 Å². The lowest BCUT2D eigenvalue weighted by Crippen LogP contribution is -2.35. The first-order chi connectivity index (χ1) is 16.5. The van der Waals surface area contributed by atoms with Crippen LogP contribution in [-0.2, 0) is 19.4 Å². The summed E-state index contributed by atoms with van der Waals surface area (Å²) >= 11 is 0. The van der Waals surface area contributed by atoms with E-state index in [1.165, 1.54) is 57.7 Å². The van der Waals surface area contributed by atoms with Crippen molar-refractivity contribution in [1.82, 2.24) is 0 Å². The Morgan fingerprint density at radius 1 is 0.794 bits per heavy atom.